The molecule has 0 fully saturated rings. The minimum absolute atomic E-state index is 0.137. The van der Waals surface area contributed by atoms with Gasteiger partial charge in [0.25, 0.3) is 0 Å². The highest BCUT2D eigenvalue weighted by Gasteiger charge is 2.18. The number of amides is 1. The molecule has 5 nitrogen and oxygen atoms in total. The number of allylic oxidation sites excluding steroid dienone is 2. The maximum absolute atomic E-state index is 11.9. The van der Waals surface area contributed by atoms with E-state index in [1.807, 2.05) is 11.6 Å². The molecule has 1 amide bonds. The number of carbonyl (C=O) groups is 1. The van der Waals surface area contributed by atoms with E-state index in [0.717, 1.165) is 25.1 Å². The lowest BCUT2D eigenvalue weighted by atomic mass is 9.94. The lowest BCUT2D eigenvalue weighted by Gasteiger charge is -2.16. The van der Waals surface area contributed by atoms with Crippen molar-refractivity contribution in [2.24, 2.45) is 13.0 Å². The van der Waals surface area contributed by atoms with Gasteiger partial charge in [0.05, 0.1) is 0 Å². The number of H-pyrrole nitrogens is 1. The molecule has 0 saturated carbocycles. The summed E-state index contributed by atoms with van der Waals surface area (Å²) in [5, 5.41) is 9.80. The van der Waals surface area contributed by atoms with Crippen molar-refractivity contribution < 1.29 is 4.79 Å². The lowest BCUT2D eigenvalue weighted by molar-refractivity contribution is -0.125. The van der Waals surface area contributed by atoms with Gasteiger partial charge in [-0.05, 0) is 31.5 Å². The van der Waals surface area contributed by atoms with Crippen LogP contribution in [0, 0.1) is 10.7 Å². The van der Waals surface area contributed by atoms with Crippen molar-refractivity contribution in [1.82, 2.24) is 20.1 Å². The van der Waals surface area contributed by atoms with Crippen LogP contribution in [0.3, 0.4) is 0 Å². The van der Waals surface area contributed by atoms with Crippen LogP contribution in [0.5, 0.6) is 0 Å². The van der Waals surface area contributed by atoms with Gasteiger partial charge in [0.2, 0.25) is 5.91 Å². The third-order valence-electron chi connectivity index (χ3n) is 3.26. The number of hydrogen-bond acceptors (Lipinski definition) is 3. The zero-order chi connectivity index (χ0) is 13.0. The first kappa shape index (κ1) is 13.0. The Hall–Kier alpha value is -1.43. The van der Waals surface area contributed by atoms with E-state index < -0.39 is 0 Å². The Morgan fingerprint density at radius 3 is 3.11 bits per heavy atom. The van der Waals surface area contributed by atoms with Crippen LogP contribution in [0.25, 0.3) is 0 Å². The Labute approximate surface area is 111 Å². The molecular formula is C12H18N4OS. The molecule has 0 radical (unpaired) electrons. The smallest absolute Gasteiger partial charge is 0.223 e. The molecule has 1 atom stereocenters. The van der Waals surface area contributed by atoms with Crippen LogP contribution in [0.4, 0.5) is 0 Å². The minimum atomic E-state index is 0.137. The molecule has 0 saturated heterocycles. The van der Waals surface area contributed by atoms with Gasteiger partial charge in [-0.25, -0.2) is 0 Å². The van der Waals surface area contributed by atoms with E-state index in [1.54, 1.807) is 0 Å². The highest BCUT2D eigenvalue weighted by atomic mass is 32.1. The Morgan fingerprint density at radius 2 is 2.50 bits per heavy atom. The van der Waals surface area contributed by atoms with Gasteiger partial charge in [-0.2, -0.15) is 5.10 Å². The van der Waals surface area contributed by atoms with Gasteiger partial charge < -0.3 is 9.88 Å². The first-order valence-corrected chi connectivity index (χ1v) is 6.62. The highest BCUT2D eigenvalue weighted by molar-refractivity contribution is 7.71. The lowest BCUT2D eigenvalue weighted by Crippen LogP contribution is -2.33. The van der Waals surface area contributed by atoms with Crippen LogP contribution in [0.2, 0.25) is 0 Å². The average molecular weight is 266 g/mol. The number of aromatic amines is 1. The summed E-state index contributed by atoms with van der Waals surface area (Å²) in [6, 6.07) is 0. The Morgan fingerprint density at radius 1 is 1.67 bits per heavy atom. The van der Waals surface area contributed by atoms with Crippen molar-refractivity contribution in [3.8, 4) is 0 Å². The molecule has 1 heterocycles. The van der Waals surface area contributed by atoms with Crippen molar-refractivity contribution in [2.75, 3.05) is 6.54 Å². The normalized spacial score (nSPS) is 18.8. The summed E-state index contributed by atoms with van der Waals surface area (Å²) >= 11 is 5.03. The Bertz CT molecular complexity index is 502. The van der Waals surface area contributed by atoms with Gasteiger partial charge in [0.15, 0.2) is 4.77 Å². The van der Waals surface area contributed by atoms with Gasteiger partial charge in [0, 0.05) is 25.9 Å². The third-order valence-corrected chi connectivity index (χ3v) is 3.63. The summed E-state index contributed by atoms with van der Waals surface area (Å²) < 4.78 is 2.43. The van der Waals surface area contributed by atoms with Crippen molar-refractivity contribution >= 4 is 18.1 Å². The van der Waals surface area contributed by atoms with Crippen LogP contribution in [0.1, 0.15) is 25.1 Å². The molecule has 0 unspecified atom stereocenters. The number of rotatable bonds is 4. The van der Waals surface area contributed by atoms with Crippen molar-refractivity contribution in [3.05, 3.63) is 22.7 Å². The number of nitrogens with one attached hydrogen (secondary N) is 2. The van der Waals surface area contributed by atoms with Crippen LogP contribution < -0.4 is 5.32 Å². The number of carbonyl (C=O) groups excluding carboxylic acids is 1. The van der Waals surface area contributed by atoms with Gasteiger partial charge in [0.1, 0.15) is 5.82 Å². The Balaban J connectivity index is 1.78. The van der Waals surface area contributed by atoms with E-state index in [4.69, 9.17) is 12.2 Å². The molecular weight excluding hydrogens is 248 g/mol. The molecule has 2 rings (SSSR count). The highest BCUT2D eigenvalue weighted by Crippen LogP contribution is 2.17. The van der Waals surface area contributed by atoms with Gasteiger partial charge in [-0.3, -0.25) is 9.89 Å². The second-order valence-electron chi connectivity index (χ2n) is 4.53. The summed E-state index contributed by atoms with van der Waals surface area (Å²) in [7, 11) is 1.87. The molecule has 0 aromatic carbocycles. The first-order chi connectivity index (χ1) is 8.68. The fourth-order valence-corrected chi connectivity index (χ4v) is 2.23. The minimum Gasteiger partial charge on any atom is -0.355 e. The fourth-order valence-electron chi connectivity index (χ4n) is 2.08. The van der Waals surface area contributed by atoms with Crippen molar-refractivity contribution in [3.63, 3.8) is 0 Å². The monoisotopic (exact) mass is 266 g/mol. The topological polar surface area (TPSA) is 62.7 Å². The van der Waals surface area contributed by atoms with E-state index in [-0.39, 0.29) is 11.8 Å². The quantitative estimate of drug-likeness (QED) is 0.641. The SMILES string of the molecule is Cn1c(CCNC(=O)[C@@H]2CC=CCC2)n[nH]c1=S. The molecule has 0 aliphatic heterocycles. The first-order valence-electron chi connectivity index (χ1n) is 6.21. The second-order valence-corrected chi connectivity index (χ2v) is 4.91. The summed E-state index contributed by atoms with van der Waals surface area (Å²) in [4.78, 5) is 11.9. The van der Waals surface area contributed by atoms with E-state index in [1.165, 1.54) is 0 Å². The molecule has 98 valence electrons. The molecule has 1 aliphatic carbocycles. The van der Waals surface area contributed by atoms with E-state index >= 15 is 0 Å². The summed E-state index contributed by atoms with van der Waals surface area (Å²) in [5.41, 5.74) is 0. The fraction of sp³-hybridized carbons (Fsp3) is 0.583. The maximum atomic E-state index is 11.9. The predicted molar refractivity (Wildman–Crippen MR) is 71.6 cm³/mol. The Kier molecular flexibility index (Phi) is 4.30. The van der Waals surface area contributed by atoms with Crippen LogP contribution in [-0.2, 0) is 18.3 Å². The summed E-state index contributed by atoms with van der Waals surface area (Å²) in [5.74, 6) is 1.15. The van der Waals surface area contributed by atoms with E-state index in [2.05, 4.69) is 27.7 Å². The number of aromatic nitrogens is 3. The second kappa shape index (κ2) is 5.95. The standard InChI is InChI=1S/C12H18N4OS/c1-16-10(14-15-12(16)18)7-8-13-11(17)9-5-3-2-4-6-9/h2-3,9H,4-8H2,1H3,(H,13,17)(H,15,18)/t9-/m1/s1. The van der Waals surface area contributed by atoms with Gasteiger partial charge in [-0.1, -0.05) is 12.2 Å². The zero-order valence-corrected chi connectivity index (χ0v) is 11.3. The number of hydrogen-bond donors (Lipinski definition) is 2. The molecule has 18 heavy (non-hydrogen) atoms. The predicted octanol–water partition coefficient (Wildman–Crippen LogP) is 1.49. The maximum Gasteiger partial charge on any atom is 0.223 e. The molecule has 1 aromatic heterocycles. The molecule has 6 heteroatoms. The van der Waals surface area contributed by atoms with Crippen LogP contribution in [-0.4, -0.2) is 27.2 Å². The van der Waals surface area contributed by atoms with Crippen molar-refractivity contribution in [1.29, 1.82) is 0 Å². The van der Waals surface area contributed by atoms with E-state index in [9.17, 15) is 4.79 Å². The molecule has 0 bridgehead atoms. The van der Waals surface area contributed by atoms with E-state index in [0.29, 0.717) is 17.7 Å². The molecule has 2 N–H and O–H groups in total. The van der Waals surface area contributed by atoms with Gasteiger partial charge >= 0.3 is 0 Å². The molecule has 1 aliphatic rings. The molecule has 1 aromatic rings. The van der Waals surface area contributed by atoms with Crippen LogP contribution >= 0.6 is 12.2 Å². The molecule has 0 spiro atoms. The largest absolute Gasteiger partial charge is 0.355 e. The van der Waals surface area contributed by atoms with Crippen molar-refractivity contribution in [2.45, 2.75) is 25.7 Å². The van der Waals surface area contributed by atoms with Gasteiger partial charge in [-0.15, -0.1) is 0 Å². The number of nitrogens with zero attached hydrogens (tertiary/aromatic N) is 2. The van der Waals surface area contributed by atoms with Crippen LogP contribution in [0.15, 0.2) is 12.2 Å². The zero-order valence-electron chi connectivity index (χ0n) is 10.5. The summed E-state index contributed by atoms with van der Waals surface area (Å²) in [6.07, 6.45) is 7.74. The average Bonchev–Trinajstić information content (AvgIpc) is 2.71. The summed E-state index contributed by atoms with van der Waals surface area (Å²) in [6.45, 7) is 0.604. The third kappa shape index (κ3) is 3.07.